The first-order chi connectivity index (χ1) is 19.5. The topological polar surface area (TPSA) is 111 Å². The highest BCUT2D eigenvalue weighted by Gasteiger charge is 2.44. The van der Waals surface area contributed by atoms with E-state index in [1.165, 1.54) is 6.20 Å². The van der Waals surface area contributed by atoms with Crippen molar-refractivity contribution in [1.29, 1.82) is 5.26 Å². The van der Waals surface area contributed by atoms with Crippen molar-refractivity contribution in [3.63, 3.8) is 0 Å². The number of fused-ring (bicyclic) bond motifs is 3. The van der Waals surface area contributed by atoms with Crippen molar-refractivity contribution in [3.8, 4) is 11.9 Å². The van der Waals surface area contributed by atoms with Crippen LogP contribution in [0.2, 0.25) is 0 Å². The minimum absolute atomic E-state index is 0.327. The number of aromatic nitrogens is 3. The first-order valence-electron chi connectivity index (χ1n) is 13.4. The lowest BCUT2D eigenvalue weighted by Gasteiger charge is -2.57. The van der Waals surface area contributed by atoms with Crippen molar-refractivity contribution < 1.29 is 9.13 Å². The standard InChI is InChI=1S/C29H32FN9O/c1-3-26(25-9-22(36-7-6-21(30)15-36)18-39-29(25)20(10-31)12-35-39)33-13-27(32)37-16-23-8-24(17-37)38(23)14-19-4-5-28(40-2)34-11-19/h3-5,9,11-13,18,21,23-24H,1,6-8,14-17,32H2,2H3/b27-13+,33-26?/t21-,23?,24?/m0/s1. The van der Waals surface area contributed by atoms with E-state index in [9.17, 15) is 9.65 Å². The molecule has 4 aliphatic heterocycles. The Morgan fingerprint density at radius 1 is 1.30 bits per heavy atom. The van der Waals surface area contributed by atoms with Gasteiger partial charge in [-0.05, 0) is 30.5 Å². The van der Waals surface area contributed by atoms with Crippen molar-refractivity contribution in [2.45, 2.75) is 37.6 Å². The molecule has 40 heavy (non-hydrogen) atoms. The Kier molecular flexibility index (Phi) is 6.86. The number of hydrogen-bond acceptors (Lipinski definition) is 9. The second-order valence-electron chi connectivity index (χ2n) is 10.5. The van der Waals surface area contributed by atoms with Gasteiger partial charge >= 0.3 is 0 Å². The molecule has 0 aromatic carbocycles. The summed E-state index contributed by atoms with van der Waals surface area (Å²) in [6, 6.07) is 8.92. The molecule has 3 atom stereocenters. The van der Waals surface area contributed by atoms with Crippen molar-refractivity contribution in [1.82, 2.24) is 24.4 Å². The maximum atomic E-state index is 14.0. The van der Waals surface area contributed by atoms with Gasteiger partial charge in [-0.25, -0.2) is 13.9 Å². The number of pyridine rings is 2. The number of nitrogens with two attached hydrogens (primary N) is 1. The minimum atomic E-state index is -0.860. The van der Waals surface area contributed by atoms with Gasteiger partial charge in [-0.2, -0.15) is 10.4 Å². The number of anilines is 1. The summed E-state index contributed by atoms with van der Waals surface area (Å²) in [5.74, 6) is 1.20. The number of nitriles is 1. The summed E-state index contributed by atoms with van der Waals surface area (Å²) < 4.78 is 20.8. The molecule has 206 valence electrons. The zero-order valence-corrected chi connectivity index (χ0v) is 22.4. The average Bonchev–Trinajstić information content (AvgIpc) is 3.62. The number of piperazine rings is 1. The van der Waals surface area contributed by atoms with Crippen LogP contribution in [0.25, 0.3) is 5.52 Å². The molecule has 11 heteroatoms. The fraction of sp³-hybridized carbons (Fsp3) is 0.379. The molecule has 2 N–H and O–H groups in total. The molecule has 7 rings (SSSR count). The van der Waals surface area contributed by atoms with Crippen LogP contribution in [0, 0.1) is 11.3 Å². The smallest absolute Gasteiger partial charge is 0.212 e. The van der Waals surface area contributed by atoms with Crippen molar-refractivity contribution >= 4 is 16.9 Å². The van der Waals surface area contributed by atoms with E-state index in [0.717, 1.165) is 37.3 Å². The van der Waals surface area contributed by atoms with Gasteiger partial charge in [0.15, 0.2) is 0 Å². The van der Waals surface area contributed by atoms with Gasteiger partial charge in [0.1, 0.15) is 18.1 Å². The quantitative estimate of drug-likeness (QED) is 0.434. The molecule has 3 aromatic rings. The molecule has 2 unspecified atom stereocenters. The molecule has 7 heterocycles. The Balaban J connectivity index is 1.21. The lowest BCUT2D eigenvalue weighted by atomic mass is 9.87. The van der Waals surface area contributed by atoms with Gasteiger partial charge in [0.2, 0.25) is 5.88 Å². The first-order valence-corrected chi connectivity index (χ1v) is 13.4. The molecule has 4 saturated heterocycles. The molecule has 0 saturated carbocycles. The highest BCUT2D eigenvalue weighted by Crippen LogP contribution is 2.35. The van der Waals surface area contributed by atoms with E-state index < -0.39 is 6.17 Å². The van der Waals surface area contributed by atoms with Crippen LogP contribution in [-0.4, -0.2) is 81.7 Å². The van der Waals surface area contributed by atoms with E-state index in [1.54, 1.807) is 23.9 Å². The van der Waals surface area contributed by atoms with Crippen LogP contribution in [0.1, 0.15) is 29.5 Å². The number of halogens is 1. The third-order valence-electron chi connectivity index (χ3n) is 8.10. The number of hydrogen-bond donors (Lipinski definition) is 1. The molecule has 0 spiro atoms. The third kappa shape index (κ3) is 4.75. The Morgan fingerprint density at radius 3 is 2.77 bits per heavy atom. The van der Waals surface area contributed by atoms with Gasteiger partial charge in [-0.1, -0.05) is 12.6 Å². The van der Waals surface area contributed by atoms with Crippen LogP contribution in [0.3, 0.4) is 0 Å². The molecule has 0 aliphatic carbocycles. The summed E-state index contributed by atoms with van der Waals surface area (Å²) in [6.45, 7) is 7.41. The largest absolute Gasteiger partial charge is 0.481 e. The number of aliphatic imine (C=N–C) groups is 1. The maximum Gasteiger partial charge on any atom is 0.212 e. The van der Waals surface area contributed by atoms with Gasteiger partial charge in [0, 0.05) is 62.6 Å². The summed E-state index contributed by atoms with van der Waals surface area (Å²) in [4.78, 5) is 15.7. The number of rotatable bonds is 8. The van der Waals surface area contributed by atoms with Gasteiger partial charge in [-0.3, -0.25) is 9.89 Å². The van der Waals surface area contributed by atoms with Gasteiger partial charge in [0.25, 0.3) is 0 Å². The molecular formula is C29H32FN9O. The summed E-state index contributed by atoms with van der Waals surface area (Å²) in [6.07, 6.45) is 9.32. The van der Waals surface area contributed by atoms with Crippen LogP contribution in [0.4, 0.5) is 10.1 Å². The fourth-order valence-electron chi connectivity index (χ4n) is 5.95. The van der Waals surface area contributed by atoms with Crippen LogP contribution in [0.5, 0.6) is 5.88 Å². The molecule has 0 radical (unpaired) electrons. The number of alkyl halides is 1. The van der Waals surface area contributed by atoms with Crippen LogP contribution in [-0.2, 0) is 6.54 Å². The van der Waals surface area contributed by atoms with E-state index in [-0.39, 0.29) is 0 Å². The van der Waals surface area contributed by atoms with E-state index in [1.807, 2.05) is 29.4 Å². The number of methoxy groups -OCH3 is 1. The SMILES string of the molecule is C=CC(=N/C=C(\N)N1CC2CC(C1)N2Cc1ccc(OC)nc1)c1cc(N2CC[C@H](F)C2)cn2ncc(C#N)c12. The van der Waals surface area contributed by atoms with Gasteiger partial charge in [-0.15, -0.1) is 0 Å². The van der Waals surface area contributed by atoms with Crippen molar-refractivity contribution in [3.05, 3.63) is 78.2 Å². The lowest BCUT2D eigenvalue weighted by Crippen LogP contribution is -2.68. The summed E-state index contributed by atoms with van der Waals surface area (Å²) in [7, 11) is 1.62. The third-order valence-corrected chi connectivity index (χ3v) is 8.10. The maximum absolute atomic E-state index is 14.0. The molecule has 4 fully saturated rings. The fourth-order valence-corrected chi connectivity index (χ4v) is 5.95. The molecule has 3 aromatic heterocycles. The summed E-state index contributed by atoms with van der Waals surface area (Å²) >= 11 is 0. The second-order valence-corrected chi connectivity index (χ2v) is 10.5. The Bertz CT molecular complexity index is 1510. The predicted molar refractivity (Wildman–Crippen MR) is 151 cm³/mol. The monoisotopic (exact) mass is 541 g/mol. The Labute approximate surface area is 232 Å². The van der Waals surface area contributed by atoms with E-state index in [0.29, 0.717) is 65.7 Å². The van der Waals surface area contributed by atoms with Crippen LogP contribution >= 0.6 is 0 Å². The Hall–Kier alpha value is -4.43. The molecular weight excluding hydrogens is 509 g/mol. The number of allylic oxidation sites excluding steroid dienone is 1. The minimum Gasteiger partial charge on any atom is -0.481 e. The van der Waals surface area contributed by atoms with Crippen LogP contribution < -0.4 is 15.4 Å². The van der Waals surface area contributed by atoms with E-state index in [2.05, 4.69) is 38.6 Å². The van der Waals surface area contributed by atoms with Crippen molar-refractivity contribution in [2.24, 2.45) is 10.7 Å². The zero-order valence-electron chi connectivity index (χ0n) is 22.4. The van der Waals surface area contributed by atoms with E-state index in [4.69, 9.17) is 15.5 Å². The van der Waals surface area contributed by atoms with Gasteiger partial charge in [0.05, 0.1) is 48.2 Å². The number of nitrogens with zero attached hydrogens (tertiary/aromatic N) is 8. The van der Waals surface area contributed by atoms with E-state index >= 15 is 0 Å². The highest BCUT2D eigenvalue weighted by atomic mass is 19.1. The van der Waals surface area contributed by atoms with Gasteiger partial charge < -0.3 is 20.3 Å². The summed E-state index contributed by atoms with van der Waals surface area (Å²) in [5, 5.41) is 14.1. The average molecular weight is 542 g/mol. The highest BCUT2D eigenvalue weighted by molar-refractivity contribution is 6.14. The molecule has 10 nitrogen and oxygen atoms in total. The number of ether oxygens (including phenoxy) is 1. The molecule has 2 bridgehead atoms. The predicted octanol–water partition coefficient (Wildman–Crippen LogP) is 2.85. The first kappa shape index (κ1) is 25.8. The number of piperidine rings is 1. The molecule has 4 aliphatic rings. The molecule has 0 amide bonds. The second kappa shape index (κ2) is 10.6. The van der Waals surface area contributed by atoms with Crippen molar-refractivity contribution in [2.75, 3.05) is 38.2 Å². The summed E-state index contributed by atoms with van der Waals surface area (Å²) in [5.41, 5.74) is 10.8. The Morgan fingerprint density at radius 2 is 2.12 bits per heavy atom. The van der Waals surface area contributed by atoms with Crippen LogP contribution in [0.15, 0.2) is 66.5 Å². The zero-order chi connectivity index (χ0) is 27.8. The normalized spacial score (nSPS) is 23.3. The lowest BCUT2D eigenvalue weighted by molar-refractivity contribution is -0.0647.